The Morgan fingerprint density at radius 3 is 2.28 bits per heavy atom. The zero-order valence-electron chi connectivity index (χ0n) is 22.9. The highest BCUT2D eigenvalue weighted by Crippen LogP contribution is 2.33. The standard InChI is InChI=1S/C30H36N2O6S/c1-5-38-26-14-12-25(13-15-26)32(39(34,35)27-16-17-28(36-3)29(19-27)37-4)20-30(33)31-21(2)23-11-10-22-8-6-7-9-24(22)18-23/h10-19,21H,5-9,20H2,1-4H3,(H,31,33)/t21-/m1/s1. The highest BCUT2D eigenvalue weighted by atomic mass is 32.2. The Labute approximate surface area is 230 Å². The summed E-state index contributed by atoms with van der Waals surface area (Å²) in [6, 6.07) is 17.0. The average Bonchev–Trinajstić information content (AvgIpc) is 2.95. The maximum absolute atomic E-state index is 13.9. The zero-order chi connectivity index (χ0) is 28.0. The summed E-state index contributed by atoms with van der Waals surface area (Å²) in [5.41, 5.74) is 4.03. The van der Waals surface area contributed by atoms with Crippen molar-refractivity contribution in [1.82, 2.24) is 5.32 Å². The third-order valence-corrected chi connectivity index (χ3v) is 8.69. The van der Waals surface area contributed by atoms with E-state index in [2.05, 4.69) is 17.4 Å². The minimum atomic E-state index is -4.15. The number of ether oxygens (including phenoxy) is 3. The third kappa shape index (κ3) is 6.47. The van der Waals surface area contributed by atoms with Gasteiger partial charge in [-0.3, -0.25) is 9.10 Å². The molecule has 39 heavy (non-hydrogen) atoms. The van der Waals surface area contributed by atoms with Crippen molar-refractivity contribution in [2.75, 3.05) is 31.7 Å². The molecule has 1 amide bonds. The fourth-order valence-corrected chi connectivity index (χ4v) is 6.26. The van der Waals surface area contributed by atoms with Gasteiger partial charge in [0.15, 0.2) is 11.5 Å². The Balaban J connectivity index is 1.61. The number of hydrogen-bond acceptors (Lipinski definition) is 6. The normalized spacial score (nSPS) is 13.6. The van der Waals surface area contributed by atoms with Crippen molar-refractivity contribution in [3.8, 4) is 17.2 Å². The van der Waals surface area contributed by atoms with Gasteiger partial charge in [0.05, 0.1) is 37.5 Å². The lowest BCUT2D eigenvalue weighted by Crippen LogP contribution is -2.41. The Morgan fingerprint density at radius 1 is 0.923 bits per heavy atom. The summed E-state index contributed by atoms with van der Waals surface area (Å²) in [4.78, 5) is 13.3. The van der Waals surface area contributed by atoms with E-state index in [-0.39, 0.29) is 16.7 Å². The Kier molecular flexibility index (Phi) is 9.01. The fourth-order valence-electron chi connectivity index (χ4n) is 4.82. The van der Waals surface area contributed by atoms with E-state index < -0.39 is 22.5 Å². The van der Waals surface area contributed by atoms with Crippen molar-refractivity contribution < 1.29 is 27.4 Å². The number of carbonyl (C=O) groups is 1. The van der Waals surface area contributed by atoms with Crippen LogP contribution in [0.15, 0.2) is 65.6 Å². The van der Waals surface area contributed by atoms with Crippen molar-refractivity contribution in [3.05, 3.63) is 77.4 Å². The molecule has 1 atom stereocenters. The van der Waals surface area contributed by atoms with Crippen molar-refractivity contribution in [1.29, 1.82) is 0 Å². The highest BCUT2D eigenvalue weighted by Gasteiger charge is 2.29. The number of anilines is 1. The van der Waals surface area contributed by atoms with Crippen molar-refractivity contribution in [3.63, 3.8) is 0 Å². The average molecular weight is 553 g/mol. The summed E-state index contributed by atoms with van der Waals surface area (Å²) in [5.74, 6) is 0.866. The molecule has 0 saturated carbocycles. The molecule has 0 radical (unpaired) electrons. The van der Waals surface area contributed by atoms with Gasteiger partial charge in [-0.2, -0.15) is 0 Å². The van der Waals surface area contributed by atoms with E-state index in [1.807, 2.05) is 19.9 Å². The largest absolute Gasteiger partial charge is 0.494 e. The molecule has 1 aliphatic rings. The summed E-state index contributed by atoms with van der Waals surface area (Å²) < 4.78 is 44.9. The number of hydrogen-bond donors (Lipinski definition) is 1. The maximum atomic E-state index is 13.9. The van der Waals surface area contributed by atoms with E-state index in [1.54, 1.807) is 24.3 Å². The van der Waals surface area contributed by atoms with Gasteiger partial charge in [0.2, 0.25) is 5.91 Å². The third-order valence-electron chi connectivity index (χ3n) is 6.92. The molecule has 1 aliphatic carbocycles. The number of amides is 1. The first-order valence-electron chi connectivity index (χ1n) is 13.2. The number of carbonyl (C=O) groups excluding carboxylic acids is 1. The molecule has 208 valence electrons. The van der Waals surface area contributed by atoms with Crippen molar-refractivity contribution in [2.45, 2.75) is 50.5 Å². The van der Waals surface area contributed by atoms with Crippen LogP contribution in [0.2, 0.25) is 0 Å². The van der Waals surface area contributed by atoms with Crippen LogP contribution in [-0.2, 0) is 27.7 Å². The Bertz CT molecular complexity index is 1410. The topological polar surface area (TPSA) is 94.2 Å². The molecule has 0 spiro atoms. The SMILES string of the molecule is CCOc1ccc(N(CC(=O)N[C@H](C)c2ccc3c(c2)CCCC3)S(=O)(=O)c2ccc(OC)c(OC)c2)cc1. The molecule has 1 N–H and O–H groups in total. The van der Waals surface area contributed by atoms with E-state index in [1.165, 1.54) is 56.4 Å². The van der Waals surface area contributed by atoms with Gasteiger partial charge >= 0.3 is 0 Å². The van der Waals surface area contributed by atoms with Crippen LogP contribution in [0.5, 0.6) is 17.2 Å². The maximum Gasteiger partial charge on any atom is 0.264 e. The molecule has 0 aromatic heterocycles. The Morgan fingerprint density at radius 2 is 1.62 bits per heavy atom. The fraction of sp³-hybridized carbons (Fsp3) is 0.367. The van der Waals surface area contributed by atoms with Crippen LogP contribution in [0, 0.1) is 0 Å². The highest BCUT2D eigenvalue weighted by molar-refractivity contribution is 7.92. The van der Waals surface area contributed by atoms with Crippen molar-refractivity contribution >= 4 is 21.6 Å². The first-order valence-corrected chi connectivity index (χ1v) is 14.6. The van der Waals surface area contributed by atoms with Gasteiger partial charge in [-0.15, -0.1) is 0 Å². The second-order valence-corrected chi connectivity index (χ2v) is 11.3. The van der Waals surface area contributed by atoms with Crippen LogP contribution in [-0.4, -0.2) is 41.7 Å². The lowest BCUT2D eigenvalue weighted by atomic mass is 9.89. The van der Waals surface area contributed by atoms with Crippen LogP contribution in [0.1, 0.15) is 49.4 Å². The molecular formula is C30H36N2O6S. The first-order chi connectivity index (χ1) is 18.8. The molecule has 0 aliphatic heterocycles. The van der Waals surface area contributed by atoms with Gasteiger partial charge in [-0.25, -0.2) is 8.42 Å². The number of sulfonamides is 1. The summed E-state index contributed by atoms with van der Waals surface area (Å²) in [6.07, 6.45) is 4.50. The van der Waals surface area contributed by atoms with Crippen LogP contribution in [0.4, 0.5) is 5.69 Å². The number of fused-ring (bicyclic) bond motifs is 1. The minimum absolute atomic E-state index is 0.0235. The summed E-state index contributed by atoms with van der Waals surface area (Å²) in [7, 11) is -1.23. The molecule has 0 bridgehead atoms. The molecule has 9 heteroatoms. The summed E-state index contributed by atoms with van der Waals surface area (Å²) in [5, 5.41) is 2.98. The molecule has 0 unspecified atom stereocenters. The van der Waals surface area contributed by atoms with Gasteiger partial charge in [0.1, 0.15) is 12.3 Å². The van der Waals surface area contributed by atoms with E-state index in [9.17, 15) is 13.2 Å². The van der Waals surface area contributed by atoms with Crippen LogP contribution in [0.3, 0.4) is 0 Å². The molecule has 0 saturated heterocycles. The molecule has 3 aromatic carbocycles. The number of rotatable bonds is 11. The van der Waals surface area contributed by atoms with Gasteiger partial charge in [-0.1, -0.05) is 18.2 Å². The summed E-state index contributed by atoms with van der Waals surface area (Å²) >= 11 is 0. The molecule has 3 aromatic rings. The van der Waals surface area contributed by atoms with Crippen LogP contribution in [0.25, 0.3) is 0 Å². The van der Waals surface area contributed by atoms with E-state index in [4.69, 9.17) is 14.2 Å². The first kappa shape index (κ1) is 28.3. The van der Waals surface area contributed by atoms with E-state index >= 15 is 0 Å². The van der Waals surface area contributed by atoms with Crippen LogP contribution < -0.4 is 23.8 Å². The molecule has 0 fully saturated rings. The molecule has 0 heterocycles. The second kappa shape index (κ2) is 12.4. The minimum Gasteiger partial charge on any atom is -0.494 e. The number of aryl methyl sites for hydroxylation is 2. The molecule has 4 rings (SSSR count). The van der Waals surface area contributed by atoms with Gasteiger partial charge in [0, 0.05) is 6.07 Å². The number of nitrogens with zero attached hydrogens (tertiary/aromatic N) is 1. The predicted molar refractivity (Wildman–Crippen MR) is 151 cm³/mol. The lowest BCUT2D eigenvalue weighted by molar-refractivity contribution is -0.120. The predicted octanol–water partition coefficient (Wildman–Crippen LogP) is 5.05. The van der Waals surface area contributed by atoms with Gasteiger partial charge in [-0.05, 0) is 92.6 Å². The van der Waals surface area contributed by atoms with Crippen molar-refractivity contribution in [2.24, 2.45) is 0 Å². The number of methoxy groups -OCH3 is 2. The van der Waals surface area contributed by atoms with Gasteiger partial charge in [0.25, 0.3) is 10.0 Å². The smallest absolute Gasteiger partial charge is 0.264 e. The lowest BCUT2D eigenvalue weighted by Gasteiger charge is -2.26. The summed E-state index contributed by atoms with van der Waals surface area (Å²) in [6.45, 7) is 3.86. The van der Waals surface area contributed by atoms with Gasteiger partial charge < -0.3 is 19.5 Å². The monoisotopic (exact) mass is 552 g/mol. The number of benzene rings is 3. The van der Waals surface area contributed by atoms with E-state index in [0.29, 0.717) is 23.8 Å². The van der Waals surface area contributed by atoms with E-state index in [0.717, 1.165) is 22.7 Å². The van der Waals surface area contributed by atoms with Crippen LogP contribution >= 0.6 is 0 Å². The molecular weight excluding hydrogens is 516 g/mol. The number of nitrogens with one attached hydrogen (secondary N) is 1. The Hall–Kier alpha value is -3.72. The zero-order valence-corrected chi connectivity index (χ0v) is 23.7. The second-order valence-electron chi connectivity index (χ2n) is 9.48. The quantitative estimate of drug-likeness (QED) is 0.358. The molecule has 8 nitrogen and oxygen atoms in total.